The maximum Gasteiger partial charge on any atom is 0.433 e. The highest BCUT2D eigenvalue weighted by Gasteiger charge is 2.35. The lowest BCUT2D eigenvalue weighted by Gasteiger charge is -2.05. The number of halogens is 3. The van der Waals surface area contributed by atoms with Crippen LogP contribution in [0.25, 0.3) is 0 Å². The third-order valence-corrected chi connectivity index (χ3v) is 6.28. The van der Waals surface area contributed by atoms with Crippen molar-refractivity contribution in [2.75, 3.05) is 7.11 Å². The summed E-state index contributed by atoms with van der Waals surface area (Å²) in [5.41, 5.74) is -0.388. The van der Waals surface area contributed by atoms with Crippen molar-refractivity contribution in [1.29, 1.82) is 0 Å². The smallest absolute Gasteiger partial charge is 0.433 e. The molecule has 29 heavy (non-hydrogen) atoms. The van der Waals surface area contributed by atoms with Gasteiger partial charge in [0, 0.05) is 31.9 Å². The molecule has 0 unspecified atom stereocenters. The molecule has 3 aromatic heterocycles. The Morgan fingerprint density at radius 3 is 2.66 bits per heavy atom. The third kappa shape index (κ3) is 5.02. The highest BCUT2D eigenvalue weighted by Crippen LogP contribution is 2.33. The van der Waals surface area contributed by atoms with Gasteiger partial charge in [-0.1, -0.05) is 11.3 Å². The van der Waals surface area contributed by atoms with E-state index in [4.69, 9.17) is 9.47 Å². The lowest BCUT2D eigenvalue weighted by molar-refractivity contribution is -0.143. The number of aryl methyl sites for hydroxylation is 1. The molecule has 0 saturated carbocycles. The zero-order chi connectivity index (χ0) is 21.2. The number of rotatable bonds is 7. The average molecular weight is 449 g/mol. The Hall–Kier alpha value is -2.71. The maximum atomic E-state index is 12.8. The third-order valence-electron chi connectivity index (χ3n) is 3.54. The van der Waals surface area contributed by atoms with E-state index in [1.165, 1.54) is 13.3 Å². The molecule has 0 atom stereocenters. The van der Waals surface area contributed by atoms with Crippen LogP contribution < -0.4 is 14.2 Å². The first-order chi connectivity index (χ1) is 13.6. The van der Waals surface area contributed by atoms with Crippen molar-refractivity contribution in [3.05, 3.63) is 41.9 Å². The van der Waals surface area contributed by atoms with Crippen LogP contribution in [0.2, 0.25) is 0 Å². The maximum absolute atomic E-state index is 12.8. The number of alkyl halides is 3. The minimum absolute atomic E-state index is 0.0233. The average Bonchev–Trinajstić information content (AvgIpc) is 3.27. The van der Waals surface area contributed by atoms with Crippen LogP contribution in [0.15, 0.2) is 34.8 Å². The number of methoxy groups -OCH3 is 1. The van der Waals surface area contributed by atoms with E-state index in [-0.39, 0.29) is 21.8 Å². The number of hydrogen-bond acceptors (Lipinski definition) is 8. The first-order valence-electron chi connectivity index (χ1n) is 7.82. The highest BCUT2D eigenvalue weighted by molar-refractivity contribution is 7.91. The van der Waals surface area contributed by atoms with Crippen molar-refractivity contribution in [2.24, 2.45) is 7.05 Å². The molecule has 0 aliphatic heterocycles. The number of nitrogens with one attached hydrogen (secondary N) is 1. The minimum atomic E-state index is -4.60. The van der Waals surface area contributed by atoms with Crippen LogP contribution in [0.3, 0.4) is 0 Å². The number of ether oxygens (including phenoxy) is 2. The number of hydrogen-bond donors (Lipinski definition) is 1. The van der Waals surface area contributed by atoms with Gasteiger partial charge in [0.15, 0.2) is 4.21 Å². The summed E-state index contributed by atoms with van der Waals surface area (Å²) in [4.78, 5) is 7.70. The first-order valence-corrected chi connectivity index (χ1v) is 10.1. The van der Waals surface area contributed by atoms with Gasteiger partial charge in [0.2, 0.25) is 11.8 Å². The SMILES string of the molecule is COc1cc(CNS(=O)(=O)c2cnc(Oc3cc(C(F)(F)F)n(C)n3)s2)ccn1. The quantitative estimate of drug-likeness (QED) is 0.591. The number of aromatic nitrogens is 4. The number of sulfonamides is 1. The van der Waals surface area contributed by atoms with Gasteiger partial charge >= 0.3 is 6.18 Å². The number of thiazole rings is 1. The van der Waals surface area contributed by atoms with E-state index in [0.717, 1.165) is 13.2 Å². The Morgan fingerprint density at radius 2 is 2.00 bits per heavy atom. The van der Waals surface area contributed by atoms with Crippen molar-refractivity contribution in [1.82, 2.24) is 24.5 Å². The van der Waals surface area contributed by atoms with Crippen LogP contribution in [0.4, 0.5) is 13.2 Å². The second-order valence-corrected chi connectivity index (χ2v) is 8.55. The van der Waals surface area contributed by atoms with Crippen LogP contribution >= 0.6 is 11.3 Å². The lowest BCUT2D eigenvalue weighted by atomic mass is 10.3. The molecule has 156 valence electrons. The van der Waals surface area contributed by atoms with Gasteiger partial charge in [-0.2, -0.15) is 13.2 Å². The summed E-state index contributed by atoms with van der Waals surface area (Å²) in [6.07, 6.45) is -2.08. The Balaban J connectivity index is 1.70. The molecule has 0 bridgehead atoms. The van der Waals surface area contributed by atoms with Crippen LogP contribution in [0, 0.1) is 0 Å². The molecule has 3 aromatic rings. The normalized spacial score (nSPS) is 12.2. The van der Waals surface area contributed by atoms with Gasteiger partial charge in [0.05, 0.1) is 13.3 Å². The summed E-state index contributed by atoms with van der Waals surface area (Å²) in [5, 5.41) is 3.43. The number of pyridine rings is 1. The molecule has 0 spiro atoms. The van der Waals surface area contributed by atoms with Crippen LogP contribution in [-0.4, -0.2) is 35.3 Å². The summed E-state index contributed by atoms with van der Waals surface area (Å²) < 4.78 is 76.2. The van der Waals surface area contributed by atoms with Gasteiger partial charge in [-0.15, -0.1) is 5.10 Å². The van der Waals surface area contributed by atoms with Crippen molar-refractivity contribution in [2.45, 2.75) is 16.9 Å². The summed E-state index contributed by atoms with van der Waals surface area (Å²) >= 11 is 0.649. The fraction of sp³-hybridized carbons (Fsp3) is 0.267. The zero-order valence-electron chi connectivity index (χ0n) is 15.0. The molecule has 3 rings (SSSR count). The van der Waals surface area contributed by atoms with Crippen LogP contribution in [0.1, 0.15) is 11.3 Å². The fourth-order valence-electron chi connectivity index (χ4n) is 2.18. The molecule has 3 heterocycles. The minimum Gasteiger partial charge on any atom is -0.481 e. The standard InChI is InChI=1S/C15H14F3N5O4S2/c1-23-10(15(16,17)18)6-12(22-23)27-14-20-8-13(28-14)29(24,25)21-7-9-3-4-19-11(5-9)26-2/h3-6,8,21H,7H2,1-2H3. The van der Waals surface area contributed by atoms with E-state index in [9.17, 15) is 21.6 Å². The van der Waals surface area contributed by atoms with Crippen LogP contribution in [0.5, 0.6) is 17.0 Å². The van der Waals surface area contributed by atoms with Crippen molar-refractivity contribution in [3.8, 4) is 17.0 Å². The predicted octanol–water partition coefficient (Wildman–Crippen LogP) is 2.57. The second kappa shape index (κ2) is 7.96. The topological polar surface area (TPSA) is 108 Å². The van der Waals surface area contributed by atoms with E-state index < -0.39 is 21.9 Å². The zero-order valence-corrected chi connectivity index (χ0v) is 16.6. The summed E-state index contributed by atoms with van der Waals surface area (Å²) in [5.74, 6) is -0.0151. The highest BCUT2D eigenvalue weighted by atomic mass is 32.2. The van der Waals surface area contributed by atoms with Gasteiger partial charge < -0.3 is 9.47 Å². The van der Waals surface area contributed by atoms with E-state index >= 15 is 0 Å². The molecule has 1 N–H and O–H groups in total. The Morgan fingerprint density at radius 1 is 1.24 bits per heavy atom. The molecule has 0 radical (unpaired) electrons. The molecule has 0 aliphatic rings. The second-order valence-electron chi connectivity index (χ2n) is 5.57. The molecule has 9 nitrogen and oxygen atoms in total. The largest absolute Gasteiger partial charge is 0.481 e. The van der Waals surface area contributed by atoms with E-state index in [0.29, 0.717) is 33.5 Å². The Labute approximate surface area is 167 Å². The van der Waals surface area contributed by atoms with Gasteiger partial charge in [0.25, 0.3) is 15.2 Å². The molecule has 0 saturated heterocycles. The van der Waals surface area contributed by atoms with Gasteiger partial charge in [-0.3, -0.25) is 4.68 Å². The summed E-state index contributed by atoms with van der Waals surface area (Å²) in [7, 11) is -1.36. The molecule has 0 fully saturated rings. The molecular weight excluding hydrogens is 435 g/mol. The Bertz CT molecular complexity index is 1110. The van der Waals surface area contributed by atoms with Gasteiger partial charge in [-0.05, 0) is 11.6 Å². The molecule has 0 aromatic carbocycles. The summed E-state index contributed by atoms with van der Waals surface area (Å²) in [6.45, 7) is -0.0233. The van der Waals surface area contributed by atoms with Crippen LogP contribution in [-0.2, 0) is 29.8 Å². The first kappa shape index (κ1) is 21.0. The summed E-state index contributed by atoms with van der Waals surface area (Å²) in [6, 6.07) is 3.89. The van der Waals surface area contributed by atoms with Crippen molar-refractivity contribution >= 4 is 21.4 Å². The molecular formula is C15H14F3N5O4S2. The monoisotopic (exact) mass is 449 g/mol. The fourth-order valence-corrected chi connectivity index (χ4v) is 4.21. The molecule has 0 aliphatic carbocycles. The van der Waals surface area contributed by atoms with Crippen molar-refractivity contribution < 1.29 is 31.1 Å². The van der Waals surface area contributed by atoms with E-state index in [1.807, 2.05) is 0 Å². The van der Waals surface area contributed by atoms with E-state index in [2.05, 4.69) is 19.8 Å². The number of nitrogens with zero attached hydrogens (tertiary/aromatic N) is 4. The van der Waals surface area contributed by atoms with Crippen molar-refractivity contribution in [3.63, 3.8) is 0 Å². The molecule has 14 heteroatoms. The molecule has 0 amide bonds. The lowest BCUT2D eigenvalue weighted by Crippen LogP contribution is -2.22. The predicted molar refractivity (Wildman–Crippen MR) is 95.2 cm³/mol. The van der Waals surface area contributed by atoms with E-state index in [1.54, 1.807) is 12.1 Å². The van der Waals surface area contributed by atoms with Gasteiger partial charge in [-0.25, -0.2) is 23.1 Å². The Kier molecular flexibility index (Phi) is 5.77. The van der Waals surface area contributed by atoms with Gasteiger partial charge in [0.1, 0.15) is 5.69 Å².